The molecule has 3 atom stereocenters. The maximum absolute atomic E-state index is 5.58. The smallest absolute Gasteiger partial charge is 0.0632 e. The second-order valence-electron chi connectivity index (χ2n) is 4.35. The highest BCUT2D eigenvalue weighted by atomic mass is 16.5. The zero-order valence-electron chi connectivity index (χ0n) is 9.46. The number of hydrazine groups is 1. The van der Waals surface area contributed by atoms with Crippen molar-refractivity contribution in [3.63, 3.8) is 0 Å². The Morgan fingerprint density at radius 1 is 1.43 bits per heavy atom. The molecule has 84 valence electrons. The van der Waals surface area contributed by atoms with Crippen molar-refractivity contribution in [3.8, 4) is 0 Å². The molecule has 3 nitrogen and oxygen atoms in total. The molecule has 0 radical (unpaired) electrons. The van der Waals surface area contributed by atoms with E-state index in [4.69, 9.17) is 10.6 Å². The van der Waals surface area contributed by atoms with Crippen LogP contribution in [0.25, 0.3) is 0 Å². The van der Waals surface area contributed by atoms with Crippen LogP contribution in [0.15, 0.2) is 0 Å². The highest BCUT2D eigenvalue weighted by molar-refractivity contribution is 4.83. The predicted octanol–water partition coefficient (Wildman–Crippen LogP) is 1.68. The van der Waals surface area contributed by atoms with Gasteiger partial charge in [0.25, 0.3) is 0 Å². The Balaban J connectivity index is 2.51. The van der Waals surface area contributed by atoms with Gasteiger partial charge in [-0.15, -0.1) is 0 Å². The van der Waals surface area contributed by atoms with E-state index in [2.05, 4.69) is 12.3 Å². The van der Waals surface area contributed by atoms with Gasteiger partial charge < -0.3 is 4.74 Å². The minimum atomic E-state index is 0.338. The highest BCUT2D eigenvalue weighted by Gasteiger charge is 2.29. The molecule has 1 aliphatic rings. The Hall–Kier alpha value is -0.120. The standard InChI is InChI=1S/C11H24N2O/c1-3-9-6-4-5-7-10(9)11(13-12)8-14-2/h9-11,13H,3-8,12H2,1-2H3. The number of hydrogen-bond acceptors (Lipinski definition) is 3. The lowest BCUT2D eigenvalue weighted by molar-refractivity contribution is 0.0951. The van der Waals surface area contributed by atoms with Gasteiger partial charge in [-0.25, -0.2) is 0 Å². The molecule has 1 rings (SSSR count). The van der Waals surface area contributed by atoms with Crippen LogP contribution >= 0.6 is 0 Å². The molecule has 1 fully saturated rings. The van der Waals surface area contributed by atoms with E-state index >= 15 is 0 Å². The van der Waals surface area contributed by atoms with E-state index in [0.717, 1.165) is 12.5 Å². The lowest BCUT2D eigenvalue weighted by Gasteiger charge is -2.36. The zero-order chi connectivity index (χ0) is 10.4. The first-order valence-electron chi connectivity index (χ1n) is 5.78. The first-order valence-corrected chi connectivity index (χ1v) is 5.78. The van der Waals surface area contributed by atoms with Gasteiger partial charge >= 0.3 is 0 Å². The molecular weight excluding hydrogens is 176 g/mol. The number of ether oxygens (including phenoxy) is 1. The molecule has 0 aliphatic heterocycles. The van der Waals surface area contributed by atoms with Crippen LogP contribution in [0.2, 0.25) is 0 Å². The van der Waals surface area contributed by atoms with E-state index in [1.807, 2.05) is 0 Å². The topological polar surface area (TPSA) is 47.3 Å². The van der Waals surface area contributed by atoms with Gasteiger partial charge in [0.1, 0.15) is 0 Å². The number of rotatable bonds is 5. The first-order chi connectivity index (χ1) is 6.83. The molecular formula is C11H24N2O. The van der Waals surface area contributed by atoms with Crippen molar-refractivity contribution in [2.75, 3.05) is 13.7 Å². The van der Waals surface area contributed by atoms with Gasteiger partial charge in [0, 0.05) is 13.2 Å². The molecule has 3 unspecified atom stereocenters. The molecule has 0 spiro atoms. The van der Waals surface area contributed by atoms with Gasteiger partial charge in [-0.1, -0.05) is 32.6 Å². The molecule has 14 heavy (non-hydrogen) atoms. The first kappa shape index (κ1) is 12.0. The summed E-state index contributed by atoms with van der Waals surface area (Å²) in [4.78, 5) is 0. The third-order valence-corrected chi connectivity index (χ3v) is 3.57. The van der Waals surface area contributed by atoms with Crippen molar-refractivity contribution >= 4 is 0 Å². The van der Waals surface area contributed by atoms with Crippen molar-refractivity contribution in [1.82, 2.24) is 5.43 Å². The van der Waals surface area contributed by atoms with Crippen molar-refractivity contribution in [2.24, 2.45) is 17.7 Å². The molecule has 0 bridgehead atoms. The van der Waals surface area contributed by atoms with Crippen LogP contribution in [0, 0.1) is 11.8 Å². The average Bonchev–Trinajstić information content (AvgIpc) is 2.26. The fourth-order valence-corrected chi connectivity index (χ4v) is 2.75. The van der Waals surface area contributed by atoms with E-state index in [1.165, 1.54) is 32.1 Å². The zero-order valence-corrected chi connectivity index (χ0v) is 9.46. The summed E-state index contributed by atoms with van der Waals surface area (Å²) in [6, 6.07) is 0.338. The maximum atomic E-state index is 5.58. The van der Waals surface area contributed by atoms with Crippen LogP contribution in [0.5, 0.6) is 0 Å². The van der Waals surface area contributed by atoms with E-state index < -0.39 is 0 Å². The summed E-state index contributed by atoms with van der Waals surface area (Å²) in [5.41, 5.74) is 2.91. The largest absolute Gasteiger partial charge is 0.383 e. The average molecular weight is 200 g/mol. The number of hydrogen-bond donors (Lipinski definition) is 2. The second-order valence-corrected chi connectivity index (χ2v) is 4.35. The summed E-state index contributed by atoms with van der Waals surface area (Å²) in [6.07, 6.45) is 6.68. The summed E-state index contributed by atoms with van der Waals surface area (Å²) < 4.78 is 5.20. The lowest BCUT2D eigenvalue weighted by Crippen LogP contribution is -2.47. The van der Waals surface area contributed by atoms with Gasteiger partial charge in [-0.2, -0.15) is 0 Å². The summed E-state index contributed by atoms with van der Waals surface area (Å²) in [6.45, 7) is 3.01. The molecule has 1 aliphatic carbocycles. The number of nitrogens with two attached hydrogens (primary N) is 1. The van der Waals surface area contributed by atoms with Gasteiger partial charge in [0.2, 0.25) is 0 Å². The van der Waals surface area contributed by atoms with Crippen molar-refractivity contribution in [3.05, 3.63) is 0 Å². The minimum Gasteiger partial charge on any atom is -0.383 e. The quantitative estimate of drug-likeness (QED) is 0.524. The molecule has 3 heteroatoms. The summed E-state index contributed by atoms with van der Waals surface area (Å²) in [7, 11) is 1.74. The second kappa shape index (κ2) is 6.38. The maximum Gasteiger partial charge on any atom is 0.0632 e. The minimum absolute atomic E-state index is 0.338. The molecule has 0 amide bonds. The van der Waals surface area contributed by atoms with Crippen molar-refractivity contribution in [1.29, 1.82) is 0 Å². The summed E-state index contributed by atoms with van der Waals surface area (Å²) in [5, 5.41) is 0. The SMILES string of the molecule is CCC1CCCCC1C(COC)NN. The molecule has 0 aromatic heterocycles. The third kappa shape index (κ3) is 2.94. The Kier molecular flexibility index (Phi) is 5.45. The number of nitrogens with one attached hydrogen (secondary N) is 1. The van der Waals surface area contributed by atoms with Crippen molar-refractivity contribution in [2.45, 2.75) is 45.1 Å². The van der Waals surface area contributed by atoms with E-state index in [9.17, 15) is 0 Å². The Morgan fingerprint density at radius 3 is 2.71 bits per heavy atom. The summed E-state index contributed by atoms with van der Waals surface area (Å²) in [5.74, 6) is 7.12. The van der Waals surface area contributed by atoms with Crippen LogP contribution in [-0.4, -0.2) is 19.8 Å². The Morgan fingerprint density at radius 2 is 2.14 bits per heavy atom. The normalized spacial score (nSPS) is 30.2. The van der Waals surface area contributed by atoms with Crippen LogP contribution in [-0.2, 0) is 4.74 Å². The fourth-order valence-electron chi connectivity index (χ4n) is 2.75. The van der Waals surface area contributed by atoms with E-state index in [0.29, 0.717) is 12.0 Å². The fraction of sp³-hybridized carbons (Fsp3) is 1.00. The highest BCUT2D eigenvalue weighted by Crippen LogP contribution is 2.34. The third-order valence-electron chi connectivity index (χ3n) is 3.57. The Labute approximate surface area is 87.4 Å². The van der Waals surface area contributed by atoms with Gasteiger partial charge in [0.15, 0.2) is 0 Å². The van der Waals surface area contributed by atoms with Gasteiger partial charge in [-0.3, -0.25) is 11.3 Å². The van der Waals surface area contributed by atoms with E-state index in [1.54, 1.807) is 7.11 Å². The van der Waals surface area contributed by atoms with Crippen LogP contribution in [0.1, 0.15) is 39.0 Å². The molecule has 0 aromatic rings. The summed E-state index contributed by atoms with van der Waals surface area (Å²) >= 11 is 0. The molecule has 1 saturated carbocycles. The van der Waals surface area contributed by atoms with Crippen LogP contribution < -0.4 is 11.3 Å². The molecule has 0 aromatic carbocycles. The number of methoxy groups -OCH3 is 1. The van der Waals surface area contributed by atoms with Crippen LogP contribution in [0.3, 0.4) is 0 Å². The molecule has 0 saturated heterocycles. The Bertz CT molecular complexity index is 152. The predicted molar refractivity (Wildman–Crippen MR) is 58.7 cm³/mol. The molecule has 3 N–H and O–H groups in total. The van der Waals surface area contributed by atoms with Crippen LogP contribution in [0.4, 0.5) is 0 Å². The van der Waals surface area contributed by atoms with Crippen molar-refractivity contribution < 1.29 is 4.74 Å². The lowest BCUT2D eigenvalue weighted by atomic mass is 9.74. The molecule has 0 heterocycles. The van der Waals surface area contributed by atoms with E-state index in [-0.39, 0.29) is 0 Å². The monoisotopic (exact) mass is 200 g/mol. The van der Waals surface area contributed by atoms with Gasteiger partial charge in [0.05, 0.1) is 6.61 Å². The van der Waals surface area contributed by atoms with Gasteiger partial charge in [-0.05, 0) is 18.3 Å².